The number of imidazole rings is 2. The fourth-order valence-electron chi connectivity index (χ4n) is 9.42. The molecule has 2 aliphatic heterocycles. The zero-order valence-electron chi connectivity index (χ0n) is 41.1. The minimum absolute atomic E-state index is 0.0220. The molecule has 0 radical (unpaired) electrons. The number of nitrogens with zero attached hydrogens (tertiary/aromatic N) is 11. The second-order valence-electron chi connectivity index (χ2n) is 18.3. The Kier molecular flexibility index (Phi) is 14.5. The second-order valence-corrected chi connectivity index (χ2v) is 18.7. The fourth-order valence-corrected chi connectivity index (χ4v) is 9.68. The van der Waals surface area contributed by atoms with Crippen molar-refractivity contribution in [1.29, 1.82) is 0 Å². The van der Waals surface area contributed by atoms with Crippen LogP contribution < -0.4 is 32.0 Å². The van der Waals surface area contributed by atoms with Gasteiger partial charge < -0.3 is 40.6 Å². The molecule has 5 N–H and O–H groups in total. The minimum Gasteiger partial charge on any atom is -0.368 e. The first-order chi connectivity index (χ1) is 35.6. The molecule has 372 valence electrons. The van der Waals surface area contributed by atoms with Crippen molar-refractivity contribution in [2.24, 2.45) is 0 Å². The van der Waals surface area contributed by atoms with Gasteiger partial charge in [0.15, 0.2) is 22.9 Å². The molecule has 0 spiro atoms. The molecule has 10 aromatic rings. The molecule has 6 aromatic heterocycles. The summed E-state index contributed by atoms with van der Waals surface area (Å²) in [4.78, 5) is 66.4. The van der Waals surface area contributed by atoms with E-state index in [4.69, 9.17) is 11.6 Å². The average molecular weight is 998 g/mol. The molecule has 18 nitrogen and oxygen atoms in total. The van der Waals surface area contributed by atoms with Crippen LogP contribution in [0, 0.1) is 0 Å². The predicted octanol–water partition coefficient (Wildman–Crippen LogP) is 7.59. The van der Waals surface area contributed by atoms with Gasteiger partial charge in [0.1, 0.15) is 23.7 Å². The molecular weight excluding hydrogens is 940 g/mol. The lowest BCUT2D eigenvalue weighted by Gasteiger charge is -2.34. The Morgan fingerprint density at radius 3 is 1.53 bits per heavy atom. The lowest BCUT2D eigenvalue weighted by atomic mass is 10.0. The molecule has 73 heavy (non-hydrogen) atoms. The highest BCUT2D eigenvalue weighted by Crippen LogP contribution is 2.31. The summed E-state index contributed by atoms with van der Waals surface area (Å²) < 4.78 is 3.52. The van der Waals surface area contributed by atoms with E-state index in [-0.39, 0.29) is 23.2 Å². The highest BCUT2D eigenvalue weighted by molar-refractivity contribution is 6.35. The molecule has 19 heteroatoms. The van der Waals surface area contributed by atoms with Crippen molar-refractivity contribution in [1.82, 2.24) is 64.1 Å². The van der Waals surface area contributed by atoms with Crippen molar-refractivity contribution in [3.63, 3.8) is 0 Å². The molecule has 0 bridgehead atoms. The number of halogens is 1. The number of aromatic amines is 2. The molecule has 0 unspecified atom stereocenters. The summed E-state index contributed by atoms with van der Waals surface area (Å²) in [5.41, 5.74) is 6.65. The van der Waals surface area contributed by atoms with Crippen molar-refractivity contribution >= 4 is 72.8 Å². The van der Waals surface area contributed by atoms with Crippen molar-refractivity contribution < 1.29 is 0 Å². The van der Waals surface area contributed by atoms with Crippen molar-refractivity contribution in [2.75, 3.05) is 82.0 Å². The Morgan fingerprint density at radius 2 is 1.03 bits per heavy atom. The summed E-state index contributed by atoms with van der Waals surface area (Å²) >= 11 is 6.38. The first-order valence-electron chi connectivity index (χ1n) is 24.4. The third-order valence-corrected chi connectivity index (χ3v) is 13.6. The normalized spacial score (nSPS) is 15.1. The van der Waals surface area contributed by atoms with Crippen LogP contribution in [0.2, 0.25) is 5.02 Å². The molecule has 12 rings (SSSR count). The Morgan fingerprint density at radius 1 is 0.548 bits per heavy atom. The maximum atomic E-state index is 14.3. The zero-order valence-corrected chi connectivity index (χ0v) is 41.9. The third-order valence-electron chi connectivity index (χ3n) is 13.3. The fraction of sp³-hybridized carbons (Fsp3) is 0.259. The predicted molar refractivity (Wildman–Crippen MR) is 292 cm³/mol. The Labute approximate surface area is 426 Å². The number of hydrogen-bond donors (Lipinski definition) is 5. The number of fused-ring (bicyclic) bond motifs is 4. The maximum Gasteiger partial charge on any atom is 0.265 e. The molecule has 2 aliphatic rings. The van der Waals surface area contributed by atoms with Crippen molar-refractivity contribution in [3.8, 4) is 11.4 Å². The number of H-pyrrole nitrogens is 2. The van der Waals surface area contributed by atoms with E-state index in [1.54, 1.807) is 23.3 Å². The van der Waals surface area contributed by atoms with Gasteiger partial charge in [0, 0.05) is 75.1 Å². The first kappa shape index (κ1) is 48.6. The van der Waals surface area contributed by atoms with Crippen molar-refractivity contribution in [2.45, 2.75) is 25.9 Å². The largest absolute Gasteiger partial charge is 0.368 e. The number of benzene rings is 4. The van der Waals surface area contributed by atoms with Gasteiger partial charge in [0.25, 0.3) is 11.1 Å². The van der Waals surface area contributed by atoms with E-state index >= 15 is 0 Å². The van der Waals surface area contributed by atoms with E-state index < -0.39 is 0 Å². The monoisotopic (exact) mass is 996 g/mol. The summed E-state index contributed by atoms with van der Waals surface area (Å²) in [5.74, 6) is 1.26. The van der Waals surface area contributed by atoms with Crippen LogP contribution >= 0.6 is 11.6 Å². The van der Waals surface area contributed by atoms with Gasteiger partial charge in [0.2, 0.25) is 0 Å². The Bertz CT molecular complexity index is 3620. The number of piperazine rings is 2. The van der Waals surface area contributed by atoms with Gasteiger partial charge in [-0.25, -0.2) is 29.9 Å². The number of aromatic nitrogens is 10. The van der Waals surface area contributed by atoms with Gasteiger partial charge in [-0.3, -0.25) is 18.7 Å². The summed E-state index contributed by atoms with van der Waals surface area (Å²) in [6, 6.07) is 34.6. The van der Waals surface area contributed by atoms with E-state index in [1.165, 1.54) is 25.7 Å². The van der Waals surface area contributed by atoms with Crippen LogP contribution in [-0.4, -0.2) is 125 Å². The lowest BCUT2D eigenvalue weighted by molar-refractivity contribution is 0.291. The Balaban J connectivity index is 0.000000149. The molecule has 2 fully saturated rings. The highest BCUT2D eigenvalue weighted by Gasteiger charge is 2.24. The van der Waals surface area contributed by atoms with E-state index in [0.717, 1.165) is 89.4 Å². The van der Waals surface area contributed by atoms with Gasteiger partial charge in [-0.15, -0.1) is 0 Å². The summed E-state index contributed by atoms with van der Waals surface area (Å²) in [5, 5.41) is 13.5. The van der Waals surface area contributed by atoms with Crippen LogP contribution in [0.25, 0.3) is 55.2 Å². The van der Waals surface area contributed by atoms with Crippen LogP contribution in [0.3, 0.4) is 0 Å². The SMILES string of the molecule is CN1CCNCC1.C[C@H](Nc1ncnc2nc[nH]c12)c1cc2cccc(Cl)c2c(=O)n1-c1ccccc1.C[C@H](Nc1ncnc2nc[nH]c12)c1cc2cccc(N3CCN(C)CC3)c2c(=O)n1-c1ccccc1. The summed E-state index contributed by atoms with van der Waals surface area (Å²) in [6.07, 6.45) is 6.13. The number of nitrogens with one attached hydrogen (secondary N) is 5. The van der Waals surface area contributed by atoms with E-state index in [1.807, 2.05) is 109 Å². The van der Waals surface area contributed by atoms with Crippen LogP contribution in [0.1, 0.15) is 37.3 Å². The standard InChI is InChI=1S/C27H28N8O.C22H17ClN6O.C5H12N2/c1-18(32-26-24-25(29-16-28-24)30-17-31-26)22-15-19-7-6-10-21(34-13-11-33(2)12-14-34)23(19)27(36)35(22)20-8-4-3-5-9-20;1-13(28-21-19-20(25-11-24-19)26-12-27-21)17-10-14-6-5-9-16(23)18(14)22(30)29(17)15-7-3-2-4-8-15;1-7-4-2-6-3-5-7/h3-10,15-18H,11-14H2,1-2H3,(H2,28,29,30,31,32);2-13H,1H3,(H2,24,25,26,27,28);6H,2-5H2,1H3/t18-;13-;/m00./s1. The summed E-state index contributed by atoms with van der Waals surface area (Å²) in [7, 11) is 4.29. The maximum absolute atomic E-state index is 14.3. The molecule has 0 aliphatic carbocycles. The number of rotatable bonds is 9. The van der Waals surface area contributed by atoms with Crippen LogP contribution in [0.4, 0.5) is 17.3 Å². The number of pyridine rings is 2. The highest BCUT2D eigenvalue weighted by atomic mass is 35.5. The van der Waals surface area contributed by atoms with Crippen LogP contribution in [0.5, 0.6) is 0 Å². The number of likely N-dealkylation sites (N-methyl/N-ethyl adjacent to an activating group) is 2. The zero-order chi connectivity index (χ0) is 50.4. The molecule has 8 heterocycles. The van der Waals surface area contributed by atoms with Gasteiger partial charge in [-0.2, -0.15) is 0 Å². The van der Waals surface area contributed by atoms with Gasteiger partial charge >= 0.3 is 0 Å². The van der Waals surface area contributed by atoms with Crippen LogP contribution in [0.15, 0.2) is 144 Å². The van der Waals surface area contributed by atoms with Gasteiger partial charge in [-0.05, 0) is 87.2 Å². The van der Waals surface area contributed by atoms with E-state index in [2.05, 4.69) is 96.8 Å². The van der Waals surface area contributed by atoms with Gasteiger partial charge in [-0.1, -0.05) is 72.3 Å². The summed E-state index contributed by atoms with van der Waals surface area (Å²) in [6.45, 7) is 12.5. The minimum atomic E-state index is -0.248. The Hall–Kier alpha value is -8.03. The number of hydrogen-bond acceptors (Lipinski definition) is 14. The third kappa shape index (κ3) is 10.4. The van der Waals surface area contributed by atoms with Crippen molar-refractivity contribution in [3.05, 3.63) is 172 Å². The quantitative estimate of drug-likeness (QED) is 0.0948. The van der Waals surface area contributed by atoms with Crippen LogP contribution in [-0.2, 0) is 0 Å². The number of para-hydroxylation sites is 2. The smallest absolute Gasteiger partial charge is 0.265 e. The average Bonchev–Trinajstić information content (AvgIpc) is 4.12. The number of anilines is 3. The molecular formula is C54H57ClN16O2. The molecule has 0 amide bonds. The van der Waals surface area contributed by atoms with Gasteiger partial charge in [0.05, 0.1) is 46.2 Å². The second kappa shape index (κ2) is 21.8. The van der Waals surface area contributed by atoms with E-state index in [0.29, 0.717) is 38.9 Å². The lowest BCUT2D eigenvalue weighted by Crippen LogP contribution is -2.45. The van der Waals surface area contributed by atoms with E-state index in [9.17, 15) is 9.59 Å². The first-order valence-corrected chi connectivity index (χ1v) is 24.8. The molecule has 0 saturated carbocycles. The topological polar surface area (TPSA) is 199 Å². The molecule has 2 atom stereocenters. The molecule has 2 saturated heterocycles. The molecule has 4 aromatic carbocycles.